The summed E-state index contributed by atoms with van der Waals surface area (Å²) in [7, 11) is 3.55. The number of methoxy groups -OCH3 is 1. The van der Waals surface area contributed by atoms with Gasteiger partial charge in [-0.1, -0.05) is 12.1 Å². The number of benzene rings is 1. The standard InChI is InChI=1S/C16H20N2O2/c1-18-14(11-12-17-18)6-8-15(19)7-3-13-4-9-16(20-2)10-5-13/h4-5,9-12H,3,6-8H2,1-2H3. The first-order chi connectivity index (χ1) is 9.69. The SMILES string of the molecule is COc1ccc(CCC(=O)CCc2ccnn2C)cc1. The van der Waals surface area contributed by atoms with Gasteiger partial charge in [0.1, 0.15) is 11.5 Å². The molecular weight excluding hydrogens is 252 g/mol. The van der Waals surface area contributed by atoms with Crippen LogP contribution in [0.4, 0.5) is 0 Å². The molecule has 0 spiro atoms. The summed E-state index contributed by atoms with van der Waals surface area (Å²) in [5, 5.41) is 4.10. The first-order valence-corrected chi connectivity index (χ1v) is 6.80. The van der Waals surface area contributed by atoms with Crippen LogP contribution in [-0.4, -0.2) is 22.7 Å². The van der Waals surface area contributed by atoms with Crippen molar-refractivity contribution in [3.63, 3.8) is 0 Å². The van der Waals surface area contributed by atoms with E-state index < -0.39 is 0 Å². The first kappa shape index (κ1) is 14.3. The number of aromatic nitrogens is 2. The molecule has 0 saturated carbocycles. The molecule has 0 atom stereocenters. The van der Waals surface area contributed by atoms with E-state index in [1.165, 1.54) is 5.56 Å². The zero-order valence-electron chi connectivity index (χ0n) is 12.0. The van der Waals surface area contributed by atoms with Crippen LogP contribution in [0, 0.1) is 0 Å². The van der Waals surface area contributed by atoms with Gasteiger partial charge in [-0.25, -0.2) is 0 Å². The fraction of sp³-hybridized carbons (Fsp3) is 0.375. The second-order valence-electron chi connectivity index (χ2n) is 4.83. The van der Waals surface area contributed by atoms with Crippen LogP contribution < -0.4 is 4.74 Å². The van der Waals surface area contributed by atoms with Gasteiger partial charge in [-0.2, -0.15) is 5.10 Å². The van der Waals surface area contributed by atoms with Crippen molar-refractivity contribution in [2.75, 3.05) is 7.11 Å². The topological polar surface area (TPSA) is 44.1 Å². The summed E-state index contributed by atoms with van der Waals surface area (Å²) < 4.78 is 6.93. The molecule has 0 aliphatic rings. The van der Waals surface area contributed by atoms with Crippen molar-refractivity contribution in [3.05, 3.63) is 47.8 Å². The lowest BCUT2D eigenvalue weighted by molar-refractivity contribution is -0.119. The zero-order chi connectivity index (χ0) is 14.4. The summed E-state index contributed by atoms with van der Waals surface area (Å²) >= 11 is 0. The molecule has 1 aromatic carbocycles. The van der Waals surface area contributed by atoms with Crippen molar-refractivity contribution < 1.29 is 9.53 Å². The molecule has 0 aliphatic heterocycles. The predicted molar refractivity (Wildman–Crippen MR) is 77.9 cm³/mol. The van der Waals surface area contributed by atoms with Gasteiger partial charge >= 0.3 is 0 Å². The molecule has 0 fully saturated rings. The number of Topliss-reactive ketones (excluding diaryl/α,β-unsaturated/α-hetero) is 1. The average Bonchev–Trinajstić information content (AvgIpc) is 2.89. The van der Waals surface area contributed by atoms with Crippen LogP contribution in [0.3, 0.4) is 0 Å². The van der Waals surface area contributed by atoms with Gasteiger partial charge in [-0.05, 0) is 36.6 Å². The zero-order valence-corrected chi connectivity index (χ0v) is 12.0. The number of rotatable bonds is 7. The third kappa shape index (κ3) is 3.95. The number of nitrogens with zero attached hydrogens (tertiary/aromatic N) is 2. The molecule has 0 radical (unpaired) electrons. The molecule has 0 saturated heterocycles. The van der Waals surface area contributed by atoms with Crippen LogP contribution in [0.15, 0.2) is 36.5 Å². The molecule has 0 N–H and O–H groups in total. The van der Waals surface area contributed by atoms with Gasteiger partial charge in [0, 0.05) is 31.8 Å². The highest BCUT2D eigenvalue weighted by Gasteiger charge is 2.06. The highest BCUT2D eigenvalue weighted by atomic mass is 16.5. The van der Waals surface area contributed by atoms with E-state index >= 15 is 0 Å². The quantitative estimate of drug-likeness (QED) is 0.778. The Morgan fingerprint density at radius 2 is 1.85 bits per heavy atom. The smallest absolute Gasteiger partial charge is 0.133 e. The van der Waals surface area contributed by atoms with E-state index in [0.717, 1.165) is 24.3 Å². The monoisotopic (exact) mass is 272 g/mol. The Balaban J connectivity index is 1.75. The maximum absolute atomic E-state index is 11.9. The fourth-order valence-electron chi connectivity index (χ4n) is 2.11. The minimum atomic E-state index is 0.294. The molecule has 0 bridgehead atoms. The lowest BCUT2D eigenvalue weighted by atomic mass is 10.0. The van der Waals surface area contributed by atoms with E-state index in [0.29, 0.717) is 18.6 Å². The van der Waals surface area contributed by atoms with Crippen molar-refractivity contribution in [1.82, 2.24) is 9.78 Å². The number of carbonyl (C=O) groups is 1. The largest absolute Gasteiger partial charge is 0.497 e. The molecule has 0 aliphatic carbocycles. The number of hydrogen-bond acceptors (Lipinski definition) is 3. The van der Waals surface area contributed by atoms with Gasteiger partial charge in [0.2, 0.25) is 0 Å². The average molecular weight is 272 g/mol. The van der Waals surface area contributed by atoms with E-state index in [9.17, 15) is 4.79 Å². The maximum Gasteiger partial charge on any atom is 0.133 e. The fourth-order valence-corrected chi connectivity index (χ4v) is 2.11. The minimum absolute atomic E-state index is 0.294. The van der Waals surface area contributed by atoms with Crippen molar-refractivity contribution in [1.29, 1.82) is 0 Å². The Morgan fingerprint density at radius 3 is 2.45 bits per heavy atom. The van der Waals surface area contributed by atoms with Crippen LogP contribution in [0.1, 0.15) is 24.1 Å². The van der Waals surface area contributed by atoms with Crippen LogP contribution in [-0.2, 0) is 24.7 Å². The van der Waals surface area contributed by atoms with Gasteiger partial charge in [0.15, 0.2) is 0 Å². The van der Waals surface area contributed by atoms with Crippen molar-refractivity contribution in [2.24, 2.45) is 7.05 Å². The highest BCUT2D eigenvalue weighted by Crippen LogP contribution is 2.13. The Morgan fingerprint density at radius 1 is 1.15 bits per heavy atom. The highest BCUT2D eigenvalue weighted by molar-refractivity contribution is 5.78. The van der Waals surface area contributed by atoms with E-state index in [2.05, 4.69) is 5.10 Å². The van der Waals surface area contributed by atoms with E-state index in [1.807, 2.05) is 42.1 Å². The van der Waals surface area contributed by atoms with Crippen LogP contribution in [0.25, 0.3) is 0 Å². The van der Waals surface area contributed by atoms with Crippen molar-refractivity contribution >= 4 is 5.78 Å². The molecule has 2 aromatic rings. The Hall–Kier alpha value is -2.10. The molecule has 2 rings (SSSR count). The van der Waals surface area contributed by atoms with Crippen molar-refractivity contribution in [3.8, 4) is 5.75 Å². The Labute approximate surface area is 119 Å². The molecule has 1 heterocycles. The van der Waals surface area contributed by atoms with Crippen molar-refractivity contribution in [2.45, 2.75) is 25.7 Å². The summed E-state index contributed by atoms with van der Waals surface area (Å²) in [6.45, 7) is 0. The molecule has 0 unspecified atom stereocenters. The number of ether oxygens (including phenoxy) is 1. The third-order valence-electron chi connectivity index (χ3n) is 3.43. The lowest BCUT2D eigenvalue weighted by Crippen LogP contribution is -2.05. The van der Waals surface area contributed by atoms with Crippen LogP contribution >= 0.6 is 0 Å². The summed E-state index contributed by atoms with van der Waals surface area (Å²) in [6, 6.07) is 9.82. The Kier molecular flexibility index (Phi) is 4.93. The third-order valence-corrected chi connectivity index (χ3v) is 3.43. The minimum Gasteiger partial charge on any atom is -0.497 e. The van der Waals surface area contributed by atoms with Crippen LogP contribution in [0.2, 0.25) is 0 Å². The molecule has 0 amide bonds. The van der Waals surface area contributed by atoms with E-state index in [-0.39, 0.29) is 0 Å². The normalized spacial score (nSPS) is 10.5. The molecule has 20 heavy (non-hydrogen) atoms. The summed E-state index contributed by atoms with van der Waals surface area (Å²) in [5.74, 6) is 1.14. The molecule has 106 valence electrons. The molecule has 4 nitrogen and oxygen atoms in total. The maximum atomic E-state index is 11.9. The lowest BCUT2D eigenvalue weighted by Gasteiger charge is -2.04. The van der Waals surface area contributed by atoms with Gasteiger partial charge in [0.25, 0.3) is 0 Å². The second-order valence-corrected chi connectivity index (χ2v) is 4.83. The van der Waals surface area contributed by atoms with E-state index in [4.69, 9.17) is 4.74 Å². The number of ketones is 1. The van der Waals surface area contributed by atoms with E-state index in [1.54, 1.807) is 13.3 Å². The first-order valence-electron chi connectivity index (χ1n) is 6.80. The second kappa shape index (κ2) is 6.89. The Bertz CT molecular complexity index is 558. The molecule has 1 aromatic heterocycles. The van der Waals surface area contributed by atoms with Gasteiger partial charge in [0.05, 0.1) is 7.11 Å². The summed E-state index contributed by atoms with van der Waals surface area (Å²) in [4.78, 5) is 11.9. The molecule has 4 heteroatoms. The summed E-state index contributed by atoms with van der Waals surface area (Å²) in [6.07, 6.45) is 4.48. The predicted octanol–water partition coefficient (Wildman–Crippen LogP) is 2.56. The number of aryl methyl sites for hydroxylation is 3. The molecular formula is C16H20N2O2. The van der Waals surface area contributed by atoms with Gasteiger partial charge < -0.3 is 4.74 Å². The van der Waals surface area contributed by atoms with Gasteiger partial charge in [-0.15, -0.1) is 0 Å². The van der Waals surface area contributed by atoms with Gasteiger partial charge in [-0.3, -0.25) is 9.48 Å². The van der Waals surface area contributed by atoms with Crippen LogP contribution in [0.5, 0.6) is 5.75 Å². The number of hydrogen-bond donors (Lipinski definition) is 0. The summed E-state index contributed by atoms with van der Waals surface area (Å²) in [5.41, 5.74) is 2.27. The number of carbonyl (C=O) groups excluding carboxylic acids is 1.